The van der Waals surface area contributed by atoms with Gasteiger partial charge >= 0.3 is 0 Å². The van der Waals surface area contributed by atoms with Crippen molar-refractivity contribution in [2.75, 3.05) is 13.7 Å². The lowest BCUT2D eigenvalue weighted by atomic mass is 10.2. The zero-order valence-electron chi connectivity index (χ0n) is 16.2. The first kappa shape index (κ1) is 23.6. The first-order valence-electron chi connectivity index (χ1n) is 9.02. The molecule has 2 aromatic rings. The Balaban J connectivity index is 1.68. The summed E-state index contributed by atoms with van der Waals surface area (Å²) < 4.78 is 28.9. The largest absolute Gasteiger partial charge is 0.497 e. The van der Waals surface area contributed by atoms with E-state index in [9.17, 15) is 18.0 Å². The fourth-order valence-corrected chi connectivity index (χ4v) is 4.98. The van der Waals surface area contributed by atoms with Crippen LogP contribution in [0.15, 0.2) is 53.4 Å². The summed E-state index contributed by atoms with van der Waals surface area (Å²) in [4.78, 5) is 24.9. The molecule has 0 saturated carbocycles. The number of hydrogen-bond acceptors (Lipinski definition) is 5. The van der Waals surface area contributed by atoms with Crippen molar-refractivity contribution in [2.45, 2.75) is 21.4 Å². The molecule has 1 aliphatic heterocycles. The van der Waals surface area contributed by atoms with E-state index in [4.69, 9.17) is 39.5 Å². The minimum absolute atomic E-state index is 0.0132. The molecule has 31 heavy (non-hydrogen) atoms. The quantitative estimate of drug-likeness (QED) is 0.435. The topological polar surface area (TPSA) is 109 Å². The Morgan fingerprint density at radius 2 is 1.81 bits per heavy atom. The summed E-state index contributed by atoms with van der Waals surface area (Å²) in [6, 6.07) is 12.9. The number of methoxy groups -OCH3 is 1. The van der Waals surface area contributed by atoms with Gasteiger partial charge in [0, 0.05) is 5.56 Å². The summed E-state index contributed by atoms with van der Waals surface area (Å²) in [7, 11) is -2.57. The molecule has 3 rings (SSSR count). The summed E-state index contributed by atoms with van der Waals surface area (Å²) in [6.07, 6.45) is -1.03. The van der Waals surface area contributed by atoms with Crippen molar-refractivity contribution in [1.29, 1.82) is 0 Å². The number of nitrogens with zero attached hydrogens (tertiary/aromatic N) is 1. The van der Waals surface area contributed by atoms with Crippen LogP contribution in [0.4, 0.5) is 0 Å². The van der Waals surface area contributed by atoms with E-state index in [2.05, 4.69) is 5.32 Å². The number of alkyl halides is 3. The molecule has 0 radical (unpaired) electrons. The highest BCUT2D eigenvalue weighted by Crippen LogP contribution is 2.30. The molecule has 2 amide bonds. The van der Waals surface area contributed by atoms with Crippen molar-refractivity contribution in [3.05, 3.63) is 59.7 Å². The molecule has 1 aliphatic rings. The van der Waals surface area contributed by atoms with Gasteiger partial charge in [-0.15, -0.1) is 0 Å². The monoisotopic (exact) mass is 506 g/mol. The van der Waals surface area contributed by atoms with Crippen LogP contribution in [-0.2, 0) is 21.4 Å². The average molecular weight is 508 g/mol. The van der Waals surface area contributed by atoms with E-state index in [-0.39, 0.29) is 10.5 Å². The zero-order valence-corrected chi connectivity index (χ0v) is 19.3. The molecule has 8 nitrogen and oxygen atoms in total. The minimum Gasteiger partial charge on any atom is -0.497 e. The lowest BCUT2D eigenvalue weighted by Crippen LogP contribution is -2.95. The van der Waals surface area contributed by atoms with Crippen LogP contribution in [0.1, 0.15) is 15.9 Å². The standard InChI is InChI=1S/C19H18Cl3N3O5S/c1-30-13-8-6-12(7-9-13)10-23-18(19(20,21)22)24-16(26)11-25-17(27)14-4-2-3-5-15(14)31(25,28)29/h2-9,18,23H,10-11H2,1H3,(H,24,26)/p+1/t18-/m1/s1. The summed E-state index contributed by atoms with van der Waals surface area (Å²) in [5.41, 5.74) is 0.890. The summed E-state index contributed by atoms with van der Waals surface area (Å²) in [6.45, 7) is -0.376. The predicted molar refractivity (Wildman–Crippen MR) is 116 cm³/mol. The van der Waals surface area contributed by atoms with E-state index in [1.165, 1.54) is 18.2 Å². The second kappa shape index (κ2) is 9.22. The van der Waals surface area contributed by atoms with Gasteiger partial charge in [-0.3, -0.25) is 9.59 Å². The molecule has 3 N–H and O–H groups in total. The molecule has 1 heterocycles. The van der Waals surface area contributed by atoms with Gasteiger partial charge < -0.3 is 15.4 Å². The number of carbonyl (C=O) groups is 2. The van der Waals surface area contributed by atoms with Crippen LogP contribution in [0.5, 0.6) is 5.75 Å². The highest BCUT2D eigenvalue weighted by atomic mass is 35.6. The lowest BCUT2D eigenvalue weighted by Gasteiger charge is -2.24. The second-order valence-electron chi connectivity index (χ2n) is 6.69. The third-order valence-corrected chi connectivity index (χ3v) is 7.11. The molecule has 0 saturated heterocycles. The summed E-state index contributed by atoms with van der Waals surface area (Å²) in [5.74, 6) is -0.877. The van der Waals surface area contributed by atoms with E-state index in [1.807, 2.05) is 12.1 Å². The molecule has 0 aliphatic carbocycles. The van der Waals surface area contributed by atoms with Crippen LogP contribution in [0.3, 0.4) is 0 Å². The number of benzene rings is 2. The van der Waals surface area contributed by atoms with Crippen molar-refractivity contribution < 1.29 is 28.1 Å². The van der Waals surface area contributed by atoms with Crippen LogP contribution in [-0.4, -0.2) is 48.2 Å². The van der Waals surface area contributed by atoms with Gasteiger partial charge in [-0.05, 0) is 36.4 Å². The van der Waals surface area contributed by atoms with Gasteiger partial charge in [0.05, 0.1) is 12.7 Å². The Bertz CT molecular complexity index is 1090. The Kier molecular flexibility index (Phi) is 7.02. The Morgan fingerprint density at radius 1 is 1.16 bits per heavy atom. The molecule has 12 heteroatoms. The van der Waals surface area contributed by atoms with Crippen molar-refractivity contribution in [3.8, 4) is 5.75 Å². The first-order valence-corrected chi connectivity index (χ1v) is 11.6. The molecule has 166 valence electrons. The van der Waals surface area contributed by atoms with E-state index in [0.29, 0.717) is 16.6 Å². The molecule has 0 aromatic heterocycles. The number of amides is 2. The predicted octanol–water partition coefficient (Wildman–Crippen LogP) is 1.42. The number of nitrogens with one attached hydrogen (secondary N) is 1. The minimum atomic E-state index is -4.12. The van der Waals surface area contributed by atoms with Gasteiger partial charge in [0.2, 0.25) is 12.1 Å². The summed E-state index contributed by atoms with van der Waals surface area (Å²) >= 11 is 18.0. The average Bonchev–Trinajstić information content (AvgIpc) is 2.91. The molecule has 0 bridgehead atoms. The van der Waals surface area contributed by atoms with Crippen LogP contribution < -0.4 is 15.4 Å². The Morgan fingerprint density at radius 3 is 2.39 bits per heavy atom. The fraction of sp³-hybridized carbons (Fsp3) is 0.263. The normalized spacial score (nSPS) is 16.0. The molecular weight excluding hydrogens is 489 g/mol. The van der Waals surface area contributed by atoms with Gasteiger partial charge in [-0.1, -0.05) is 46.9 Å². The number of sulfonamides is 1. The number of nitrogens with two attached hydrogens (primary N) is 1. The smallest absolute Gasteiger partial charge is 0.269 e. The van der Waals surface area contributed by atoms with Crippen molar-refractivity contribution in [3.63, 3.8) is 0 Å². The number of fused-ring (bicyclic) bond motifs is 1. The van der Waals surface area contributed by atoms with E-state index in [0.717, 1.165) is 5.56 Å². The second-order valence-corrected chi connectivity index (χ2v) is 10.9. The van der Waals surface area contributed by atoms with Crippen LogP contribution in [0, 0.1) is 0 Å². The fourth-order valence-electron chi connectivity index (χ4n) is 3.03. The van der Waals surface area contributed by atoms with Gasteiger partial charge in [0.25, 0.3) is 19.7 Å². The zero-order chi connectivity index (χ0) is 22.8. The highest BCUT2D eigenvalue weighted by molar-refractivity contribution is 7.90. The molecule has 1 atom stereocenters. The van der Waals surface area contributed by atoms with E-state index >= 15 is 0 Å². The Hall–Kier alpha value is -2.04. The third-order valence-electron chi connectivity index (χ3n) is 4.62. The number of ether oxygens (including phenoxy) is 1. The van der Waals surface area contributed by atoms with Gasteiger partial charge in [0.1, 0.15) is 23.7 Å². The van der Waals surface area contributed by atoms with Crippen LogP contribution >= 0.6 is 34.8 Å². The molecule has 0 unspecified atom stereocenters. The van der Waals surface area contributed by atoms with Crippen molar-refractivity contribution in [1.82, 2.24) is 9.62 Å². The number of hydrogen-bond donors (Lipinski definition) is 2. The van der Waals surface area contributed by atoms with Crippen molar-refractivity contribution in [2.24, 2.45) is 0 Å². The van der Waals surface area contributed by atoms with Gasteiger partial charge in [-0.2, -0.15) is 0 Å². The Labute approximate surface area is 194 Å². The van der Waals surface area contributed by atoms with E-state index < -0.39 is 38.3 Å². The number of halogens is 3. The first-order chi connectivity index (χ1) is 14.5. The van der Waals surface area contributed by atoms with E-state index in [1.54, 1.807) is 30.6 Å². The van der Waals surface area contributed by atoms with Gasteiger partial charge in [0.15, 0.2) is 0 Å². The van der Waals surface area contributed by atoms with Crippen molar-refractivity contribution >= 4 is 56.6 Å². The molecule has 0 fully saturated rings. The lowest BCUT2D eigenvalue weighted by molar-refractivity contribution is -0.707. The molecule has 0 spiro atoms. The van der Waals surface area contributed by atoms with Crippen LogP contribution in [0.2, 0.25) is 0 Å². The SMILES string of the molecule is COc1ccc(C[NH2+][C@H](NC(=O)CN2C(=O)c3ccccc3S2(=O)=O)C(Cl)(Cl)Cl)cc1. The number of rotatable bonds is 7. The maximum Gasteiger partial charge on any atom is 0.269 e. The van der Waals surface area contributed by atoms with Crippen LogP contribution in [0.25, 0.3) is 0 Å². The maximum atomic E-state index is 12.6. The maximum absolute atomic E-state index is 12.6. The summed E-state index contributed by atoms with van der Waals surface area (Å²) in [5, 5.41) is 4.07. The van der Waals surface area contributed by atoms with Gasteiger partial charge in [-0.25, -0.2) is 12.7 Å². The number of quaternary nitrogens is 1. The molecule has 2 aromatic carbocycles. The third kappa shape index (κ3) is 5.24. The molecular formula is C19H19Cl3N3O5S+. The number of carbonyl (C=O) groups excluding carboxylic acids is 2. The highest BCUT2D eigenvalue weighted by Gasteiger charge is 2.43.